The standard InChI is InChI=1S/C19H13N5S/c20-11-12-5-4-6-13(9-12)18-23-17(21)15-10-16(25-19(15)24-18)22-14-7-2-1-3-8-14/h1-10,22H,(H2,21,23,24). The van der Waals surface area contributed by atoms with E-state index in [0.29, 0.717) is 17.2 Å². The SMILES string of the molecule is N#Cc1cccc(-c2nc(N)c3cc(Nc4ccccc4)sc3n2)c1. The van der Waals surface area contributed by atoms with Crippen molar-refractivity contribution in [2.45, 2.75) is 0 Å². The molecule has 0 atom stereocenters. The van der Waals surface area contributed by atoms with Crippen LogP contribution < -0.4 is 11.1 Å². The number of fused-ring (bicyclic) bond motifs is 1. The fourth-order valence-electron chi connectivity index (χ4n) is 2.53. The monoisotopic (exact) mass is 343 g/mol. The second-order valence-corrected chi connectivity index (χ2v) is 6.48. The van der Waals surface area contributed by atoms with Gasteiger partial charge < -0.3 is 11.1 Å². The zero-order valence-electron chi connectivity index (χ0n) is 13.1. The van der Waals surface area contributed by atoms with Crippen LogP contribution in [0.5, 0.6) is 0 Å². The molecular formula is C19H13N5S. The first-order valence-electron chi connectivity index (χ1n) is 7.62. The van der Waals surface area contributed by atoms with Gasteiger partial charge in [-0.05, 0) is 30.3 Å². The van der Waals surface area contributed by atoms with Crippen LogP contribution in [0.3, 0.4) is 0 Å². The number of hydrogen-bond acceptors (Lipinski definition) is 6. The Balaban J connectivity index is 1.75. The molecular weight excluding hydrogens is 330 g/mol. The van der Waals surface area contributed by atoms with E-state index in [1.165, 1.54) is 11.3 Å². The molecule has 0 spiro atoms. The van der Waals surface area contributed by atoms with Crippen molar-refractivity contribution >= 4 is 38.1 Å². The van der Waals surface area contributed by atoms with Gasteiger partial charge in [-0.1, -0.05) is 41.7 Å². The molecule has 3 N–H and O–H groups in total. The van der Waals surface area contributed by atoms with Gasteiger partial charge in [0.15, 0.2) is 5.82 Å². The van der Waals surface area contributed by atoms with Crippen LogP contribution in [-0.2, 0) is 0 Å². The molecule has 2 heterocycles. The molecule has 4 rings (SSSR count). The number of nitrogens with zero attached hydrogens (tertiary/aromatic N) is 3. The number of nitrogen functional groups attached to an aromatic ring is 1. The number of nitrogens with one attached hydrogen (secondary N) is 1. The Bertz CT molecular complexity index is 1100. The van der Waals surface area contributed by atoms with Gasteiger partial charge in [-0.2, -0.15) is 5.26 Å². The van der Waals surface area contributed by atoms with E-state index < -0.39 is 0 Å². The van der Waals surface area contributed by atoms with Crippen LogP contribution in [-0.4, -0.2) is 9.97 Å². The summed E-state index contributed by atoms with van der Waals surface area (Å²) in [5.41, 5.74) is 8.48. The van der Waals surface area contributed by atoms with E-state index in [1.54, 1.807) is 12.1 Å². The maximum Gasteiger partial charge on any atom is 0.163 e. The molecule has 5 nitrogen and oxygen atoms in total. The molecule has 120 valence electrons. The number of hydrogen-bond donors (Lipinski definition) is 2. The Morgan fingerprint density at radius 1 is 1.00 bits per heavy atom. The van der Waals surface area contributed by atoms with Crippen molar-refractivity contribution in [3.8, 4) is 17.5 Å². The summed E-state index contributed by atoms with van der Waals surface area (Å²) in [6.07, 6.45) is 0. The van der Waals surface area contributed by atoms with Crippen LogP contribution >= 0.6 is 11.3 Å². The third kappa shape index (κ3) is 3.01. The highest BCUT2D eigenvalue weighted by atomic mass is 32.1. The lowest BCUT2D eigenvalue weighted by atomic mass is 10.1. The number of aromatic nitrogens is 2. The molecule has 0 amide bonds. The van der Waals surface area contributed by atoms with Gasteiger partial charge in [0.25, 0.3) is 0 Å². The molecule has 0 saturated heterocycles. The molecule has 0 saturated carbocycles. The summed E-state index contributed by atoms with van der Waals surface area (Å²) in [4.78, 5) is 9.83. The average molecular weight is 343 g/mol. The number of anilines is 3. The Morgan fingerprint density at radius 3 is 2.64 bits per heavy atom. The Kier molecular flexibility index (Phi) is 3.77. The maximum atomic E-state index is 9.06. The first-order valence-corrected chi connectivity index (χ1v) is 8.44. The van der Waals surface area contributed by atoms with Crippen LogP contribution in [0.1, 0.15) is 5.56 Å². The lowest BCUT2D eigenvalue weighted by molar-refractivity contribution is 1.24. The van der Waals surface area contributed by atoms with E-state index in [0.717, 1.165) is 26.5 Å². The number of para-hydroxylation sites is 1. The molecule has 0 fully saturated rings. The van der Waals surface area contributed by atoms with E-state index >= 15 is 0 Å². The van der Waals surface area contributed by atoms with Crippen LogP contribution in [0.15, 0.2) is 60.7 Å². The summed E-state index contributed by atoms with van der Waals surface area (Å²) in [5.74, 6) is 0.954. The molecule has 0 aliphatic carbocycles. The number of thiophene rings is 1. The summed E-state index contributed by atoms with van der Waals surface area (Å²) in [6.45, 7) is 0. The van der Waals surface area contributed by atoms with Crippen LogP contribution in [0.4, 0.5) is 16.5 Å². The Hall–Kier alpha value is -3.43. The lowest BCUT2D eigenvalue weighted by Crippen LogP contribution is -1.96. The van der Waals surface area contributed by atoms with E-state index in [1.807, 2.05) is 48.5 Å². The summed E-state index contributed by atoms with van der Waals surface area (Å²) >= 11 is 1.52. The zero-order chi connectivity index (χ0) is 17.2. The number of rotatable bonds is 3. The summed E-state index contributed by atoms with van der Waals surface area (Å²) in [6, 6.07) is 21.2. The van der Waals surface area contributed by atoms with Gasteiger partial charge in [0.2, 0.25) is 0 Å². The predicted molar refractivity (Wildman–Crippen MR) is 102 cm³/mol. The van der Waals surface area contributed by atoms with E-state index in [4.69, 9.17) is 11.0 Å². The molecule has 0 unspecified atom stereocenters. The third-order valence-corrected chi connectivity index (χ3v) is 4.66. The normalized spacial score (nSPS) is 10.5. The summed E-state index contributed by atoms with van der Waals surface area (Å²) in [5, 5.41) is 14.2. The van der Waals surface area contributed by atoms with Gasteiger partial charge >= 0.3 is 0 Å². The highest BCUT2D eigenvalue weighted by Gasteiger charge is 2.12. The van der Waals surface area contributed by atoms with Gasteiger partial charge in [0.1, 0.15) is 10.6 Å². The molecule has 0 aliphatic rings. The van der Waals surface area contributed by atoms with E-state index in [2.05, 4.69) is 21.4 Å². The fraction of sp³-hybridized carbons (Fsp3) is 0. The average Bonchev–Trinajstić information content (AvgIpc) is 3.05. The van der Waals surface area contributed by atoms with Crippen molar-refractivity contribution in [1.29, 1.82) is 5.26 Å². The minimum absolute atomic E-state index is 0.430. The summed E-state index contributed by atoms with van der Waals surface area (Å²) in [7, 11) is 0. The second kappa shape index (κ2) is 6.23. The molecule has 4 aromatic rings. The molecule has 6 heteroatoms. The van der Waals surface area contributed by atoms with Crippen molar-refractivity contribution in [3.63, 3.8) is 0 Å². The van der Waals surface area contributed by atoms with Crippen molar-refractivity contribution in [2.75, 3.05) is 11.1 Å². The van der Waals surface area contributed by atoms with Crippen LogP contribution in [0.2, 0.25) is 0 Å². The second-order valence-electron chi connectivity index (χ2n) is 5.45. The summed E-state index contributed by atoms with van der Waals surface area (Å²) < 4.78 is 0. The molecule has 2 aromatic carbocycles. The van der Waals surface area contributed by atoms with E-state index in [-0.39, 0.29) is 0 Å². The highest BCUT2D eigenvalue weighted by Crippen LogP contribution is 2.34. The van der Waals surface area contributed by atoms with Crippen molar-refractivity contribution in [3.05, 3.63) is 66.2 Å². The number of benzene rings is 2. The largest absolute Gasteiger partial charge is 0.383 e. The number of nitrogens with two attached hydrogens (primary N) is 1. The highest BCUT2D eigenvalue weighted by molar-refractivity contribution is 7.22. The van der Waals surface area contributed by atoms with Gasteiger partial charge in [0.05, 0.1) is 22.0 Å². The minimum atomic E-state index is 0.430. The third-order valence-electron chi connectivity index (χ3n) is 3.71. The van der Waals surface area contributed by atoms with Gasteiger partial charge in [-0.3, -0.25) is 0 Å². The fourth-order valence-corrected chi connectivity index (χ4v) is 3.49. The predicted octanol–water partition coefficient (Wildman–Crippen LogP) is 4.56. The topological polar surface area (TPSA) is 87.6 Å². The van der Waals surface area contributed by atoms with Crippen molar-refractivity contribution in [1.82, 2.24) is 9.97 Å². The quantitative estimate of drug-likeness (QED) is 0.569. The minimum Gasteiger partial charge on any atom is -0.383 e. The van der Waals surface area contributed by atoms with Gasteiger partial charge in [-0.25, -0.2) is 9.97 Å². The zero-order valence-corrected chi connectivity index (χ0v) is 13.9. The molecule has 2 aromatic heterocycles. The number of nitriles is 1. The van der Waals surface area contributed by atoms with E-state index in [9.17, 15) is 0 Å². The van der Waals surface area contributed by atoms with Crippen LogP contribution in [0.25, 0.3) is 21.6 Å². The Labute approximate surface area is 148 Å². The van der Waals surface area contributed by atoms with Gasteiger partial charge in [-0.15, -0.1) is 0 Å². The molecule has 0 aliphatic heterocycles. The molecule has 0 radical (unpaired) electrons. The van der Waals surface area contributed by atoms with Crippen molar-refractivity contribution in [2.24, 2.45) is 0 Å². The van der Waals surface area contributed by atoms with Crippen LogP contribution in [0, 0.1) is 11.3 Å². The Morgan fingerprint density at radius 2 is 1.84 bits per heavy atom. The molecule has 0 bridgehead atoms. The van der Waals surface area contributed by atoms with Gasteiger partial charge in [0, 0.05) is 11.3 Å². The lowest BCUT2D eigenvalue weighted by Gasteiger charge is -2.02. The maximum absolute atomic E-state index is 9.06. The first kappa shape index (κ1) is 15.1. The smallest absolute Gasteiger partial charge is 0.163 e. The molecule has 25 heavy (non-hydrogen) atoms. The first-order chi connectivity index (χ1) is 12.2. The van der Waals surface area contributed by atoms with Crippen molar-refractivity contribution < 1.29 is 0 Å².